The van der Waals surface area contributed by atoms with E-state index in [2.05, 4.69) is 53.4 Å². The molecule has 3 aromatic rings. The van der Waals surface area contributed by atoms with Gasteiger partial charge in [-0.05, 0) is 68.7 Å². The van der Waals surface area contributed by atoms with E-state index in [0.29, 0.717) is 11.5 Å². The summed E-state index contributed by atoms with van der Waals surface area (Å²) < 4.78 is 41.4. The maximum absolute atomic E-state index is 13.6. The largest absolute Gasteiger partial charge is 0.497 e. The summed E-state index contributed by atoms with van der Waals surface area (Å²) in [6.45, 7) is 8.56. The number of guanidine groups is 2. The molecule has 17 nitrogen and oxygen atoms in total. The van der Waals surface area contributed by atoms with Crippen molar-refractivity contribution in [2.45, 2.75) is 82.7 Å². The molecule has 0 bridgehead atoms. The van der Waals surface area contributed by atoms with Gasteiger partial charge in [-0.25, -0.2) is 19.6 Å². The Labute approximate surface area is 377 Å². The van der Waals surface area contributed by atoms with E-state index in [1.54, 1.807) is 35.3 Å². The zero-order chi connectivity index (χ0) is 46.0. The summed E-state index contributed by atoms with van der Waals surface area (Å²) in [6, 6.07) is 26.9. The molecule has 18 heteroatoms. The summed E-state index contributed by atoms with van der Waals surface area (Å²) in [7, 11) is 8.85. The zero-order valence-electron chi connectivity index (χ0n) is 38.2. The van der Waals surface area contributed by atoms with E-state index >= 15 is 0 Å². The first-order valence-electron chi connectivity index (χ1n) is 21.2. The lowest BCUT2D eigenvalue weighted by molar-refractivity contribution is -0.117. The van der Waals surface area contributed by atoms with Crippen LogP contribution in [0.3, 0.4) is 0 Å². The van der Waals surface area contributed by atoms with E-state index in [1.807, 2.05) is 107 Å². The standard InChI is InChI=1S/C46H59N10O7P/c1-31(2)56(32(3)4)64(61-26-14-25-47)63-38-27-40(55-42-41(50-45(55)49-30-54(7)8)43(57)52-44(51-42)48-29-53(5)6)62-39(38)28-60-46(33-15-12-11-13-16-33,34-17-21-36(58-9)22-18-34)35-19-23-37(59-10)24-20-35/h11-13,15-24,29-32,38-41H,14,26-28H2,1-10H3/b48-29+,49-30+/t38-,39+,40+,41?,64?/m0/s1. The molecule has 3 aliphatic heterocycles. The minimum atomic E-state index is -1.73. The van der Waals surface area contributed by atoms with E-state index in [9.17, 15) is 10.1 Å². The van der Waals surface area contributed by atoms with Crippen LogP contribution in [-0.4, -0.2) is 148 Å². The smallest absolute Gasteiger partial charge is 0.281 e. The Morgan fingerprint density at radius 2 is 1.45 bits per heavy atom. The van der Waals surface area contributed by atoms with Gasteiger partial charge in [0.2, 0.25) is 5.96 Å². The number of fused-ring (bicyclic) bond motifs is 1. The Hall–Kier alpha value is -5.60. The first-order valence-corrected chi connectivity index (χ1v) is 22.3. The highest BCUT2D eigenvalue weighted by Gasteiger charge is 2.51. The SMILES string of the molecule is COc1ccc(C(OC[C@H]2O[C@@H](N3C(/N=C/N(C)C)=NC4C(=O)N=C(/N=C/N(C)C)N=C43)C[C@@H]2OP(OCCC#N)N(C(C)C)C(C)C)(c2ccccc2)c2ccc(OC)cc2)cc1. The molecule has 64 heavy (non-hydrogen) atoms. The summed E-state index contributed by atoms with van der Waals surface area (Å²) in [5, 5.41) is 9.49. The quantitative estimate of drug-likeness (QED) is 0.0433. The lowest BCUT2D eigenvalue weighted by atomic mass is 9.80. The van der Waals surface area contributed by atoms with Crippen LogP contribution in [0.2, 0.25) is 0 Å². The number of methoxy groups -OCH3 is 2. The van der Waals surface area contributed by atoms with Crippen molar-refractivity contribution in [3.05, 3.63) is 95.6 Å². The van der Waals surface area contributed by atoms with E-state index in [-0.39, 0.29) is 55.9 Å². The van der Waals surface area contributed by atoms with Crippen molar-refractivity contribution in [3.63, 3.8) is 0 Å². The molecular formula is C46H59N10O7P. The zero-order valence-corrected chi connectivity index (χ0v) is 39.1. The average Bonchev–Trinajstić information content (AvgIpc) is 3.86. The van der Waals surface area contributed by atoms with Gasteiger partial charge in [0.15, 0.2) is 11.9 Å². The van der Waals surface area contributed by atoms with Crippen molar-refractivity contribution in [2.24, 2.45) is 25.0 Å². The van der Waals surface area contributed by atoms with Gasteiger partial charge in [-0.3, -0.25) is 9.69 Å². The van der Waals surface area contributed by atoms with Gasteiger partial charge in [0, 0.05) is 46.7 Å². The number of carbonyl (C=O) groups is 1. The molecule has 3 heterocycles. The van der Waals surface area contributed by atoms with Crippen molar-refractivity contribution in [1.29, 1.82) is 5.26 Å². The van der Waals surface area contributed by atoms with Crippen LogP contribution >= 0.6 is 8.53 Å². The third kappa shape index (κ3) is 11.0. The number of benzene rings is 3. The van der Waals surface area contributed by atoms with Crippen LogP contribution in [0.15, 0.2) is 104 Å². The van der Waals surface area contributed by atoms with Gasteiger partial charge in [0.1, 0.15) is 29.4 Å². The molecule has 0 aromatic heterocycles. The van der Waals surface area contributed by atoms with Gasteiger partial charge in [-0.1, -0.05) is 54.6 Å². The van der Waals surface area contributed by atoms with Gasteiger partial charge < -0.3 is 37.8 Å². The number of hydrogen-bond acceptors (Lipinski definition) is 14. The van der Waals surface area contributed by atoms with Gasteiger partial charge in [0.25, 0.3) is 20.4 Å². The fourth-order valence-corrected chi connectivity index (χ4v) is 9.37. The predicted molar refractivity (Wildman–Crippen MR) is 249 cm³/mol. The second-order valence-electron chi connectivity index (χ2n) is 16.2. The van der Waals surface area contributed by atoms with Crippen LogP contribution in [0.4, 0.5) is 0 Å². The molecule has 6 rings (SSSR count). The third-order valence-electron chi connectivity index (χ3n) is 10.4. The number of amides is 1. The Bertz CT molecular complexity index is 2170. The van der Waals surface area contributed by atoms with E-state index in [0.717, 1.165) is 16.7 Å². The Morgan fingerprint density at radius 3 is 2.00 bits per heavy atom. The monoisotopic (exact) mass is 894 g/mol. The average molecular weight is 895 g/mol. The summed E-state index contributed by atoms with van der Waals surface area (Å²) in [6.07, 6.45) is 1.43. The summed E-state index contributed by atoms with van der Waals surface area (Å²) in [5.74, 6) is 1.37. The van der Waals surface area contributed by atoms with E-state index in [1.165, 1.54) is 6.34 Å². The second kappa shape index (κ2) is 21.9. The van der Waals surface area contributed by atoms with Crippen molar-refractivity contribution in [1.82, 2.24) is 19.4 Å². The Morgan fingerprint density at radius 1 is 0.875 bits per heavy atom. The van der Waals surface area contributed by atoms with Gasteiger partial charge in [-0.2, -0.15) is 15.2 Å². The van der Waals surface area contributed by atoms with Crippen LogP contribution in [-0.2, 0) is 28.9 Å². The van der Waals surface area contributed by atoms with E-state index < -0.39 is 44.5 Å². The highest BCUT2D eigenvalue weighted by molar-refractivity contribution is 7.44. The summed E-state index contributed by atoms with van der Waals surface area (Å²) in [4.78, 5) is 41.5. The fraction of sp³-hybridized carbons (Fsp3) is 0.457. The Balaban J connectivity index is 1.47. The second-order valence-corrected chi connectivity index (χ2v) is 17.6. The molecule has 0 radical (unpaired) electrons. The number of carbonyl (C=O) groups excluding carboxylic acids is 1. The van der Waals surface area contributed by atoms with Crippen LogP contribution < -0.4 is 9.47 Å². The number of rotatable bonds is 19. The van der Waals surface area contributed by atoms with Crippen molar-refractivity contribution >= 4 is 44.9 Å². The van der Waals surface area contributed by atoms with Gasteiger partial charge in [0.05, 0.1) is 58.7 Å². The fourth-order valence-electron chi connectivity index (χ4n) is 7.61. The number of aliphatic imine (C=N–C) groups is 5. The van der Waals surface area contributed by atoms with Crippen molar-refractivity contribution < 1.29 is 32.8 Å². The molecule has 0 spiro atoms. The number of amidine groups is 1. The van der Waals surface area contributed by atoms with Crippen molar-refractivity contribution in [3.8, 4) is 17.6 Å². The molecule has 3 aromatic carbocycles. The molecule has 0 aliphatic carbocycles. The highest BCUT2D eigenvalue weighted by atomic mass is 31.2. The van der Waals surface area contributed by atoms with Crippen LogP contribution in [0.1, 0.15) is 57.2 Å². The number of nitrogens with zero attached hydrogens (tertiary/aromatic N) is 10. The molecule has 1 amide bonds. The molecule has 3 aliphatic rings. The predicted octanol–water partition coefficient (Wildman–Crippen LogP) is 6.30. The van der Waals surface area contributed by atoms with Crippen LogP contribution in [0.5, 0.6) is 11.5 Å². The first kappa shape index (κ1) is 47.9. The molecule has 0 saturated carbocycles. The maximum atomic E-state index is 13.6. The van der Waals surface area contributed by atoms with Crippen molar-refractivity contribution in [2.75, 3.05) is 55.6 Å². The number of hydrogen-bond donors (Lipinski definition) is 0. The molecule has 1 fully saturated rings. The minimum Gasteiger partial charge on any atom is -0.497 e. The Kier molecular flexibility index (Phi) is 16.3. The summed E-state index contributed by atoms with van der Waals surface area (Å²) >= 11 is 0. The molecule has 5 atom stereocenters. The third-order valence-corrected chi connectivity index (χ3v) is 12.6. The topological polar surface area (TPSA) is 171 Å². The van der Waals surface area contributed by atoms with Crippen LogP contribution in [0, 0.1) is 11.3 Å². The first-order chi connectivity index (χ1) is 30.8. The van der Waals surface area contributed by atoms with Gasteiger partial charge in [-0.15, -0.1) is 0 Å². The molecule has 340 valence electrons. The normalized spacial score (nSPS) is 20.5. The number of nitriles is 1. The molecular weight excluding hydrogens is 836 g/mol. The lowest BCUT2D eigenvalue weighted by Crippen LogP contribution is -2.46. The number of ether oxygens (including phenoxy) is 4. The van der Waals surface area contributed by atoms with Crippen LogP contribution in [0.25, 0.3) is 0 Å². The van der Waals surface area contributed by atoms with Gasteiger partial charge >= 0.3 is 0 Å². The maximum Gasteiger partial charge on any atom is 0.281 e. The minimum absolute atomic E-state index is 0.0146. The molecule has 2 unspecified atom stereocenters. The highest BCUT2D eigenvalue weighted by Crippen LogP contribution is 2.50. The van der Waals surface area contributed by atoms with E-state index in [4.69, 9.17) is 38.0 Å². The molecule has 1 saturated heterocycles. The lowest BCUT2D eigenvalue weighted by Gasteiger charge is -2.39. The molecule has 0 N–H and O–H groups in total. The summed E-state index contributed by atoms with van der Waals surface area (Å²) in [5.41, 5.74) is 1.40.